The third-order valence-corrected chi connectivity index (χ3v) is 4.31. The smallest absolute Gasteiger partial charge is 0.157 e. The molecule has 0 spiro atoms. The minimum Gasteiger partial charge on any atom is -0.365 e. The number of nitriles is 1. The molecular weight excluding hydrogens is 310 g/mol. The maximum Gasteiger partial charge on any atom is 0.157 e. The third-order valence-electron chi connectivity index (χ3n) is 4.31. The van der Waals surface area contributed by atoms with Crippen molar-refractivity contribution in [3.63, 3.8) is 0 Å². The zero-order chi connectivity index (χ0) is 17.4. The van der Waals surface area contributed by atoms with Crippen molar-refractivity contribution in [2.45, 2.75) is 20.4 Å². The van der Waals surface area contributed by atoms with Crippen LogP contribution >= 0.6 is 0 Å². The zero-order valence-electron chi connectivity index (χ0n) is 14.1. The molecule has 0 saturated heterocycles. The summed E-state index contributed by atoms with van der Waals surface area (Å²) < 4.78 is 2.01. The maximum absolute atomic E-state index is 9.53. The van der Waals surface area contributed by atoms with Gasteiger partial charge in [0.2, 0.25) is 0 Å². The fraction of sp³-hybridized carbons (Fsp3) is 0.150. The summed E-state index contributed by atoms with van der Waals surface area (Å²) in [6.45, 7) is 4.57. The molecule has 0 amide bonds. The highest BCUT2D eigenvalue weighted by atomic mass is 15.1. The van der Waals surface area contributed by atoms with Crippen molar-refractivity contribution in [2.75, 3.05) is 5.32 Å². The molecule has 1 N–H and O–H groups in total. The Morgan fingerprint density at radius 2 is 2.00 bits per heavy atom. The average Bonchev–Trinajstić information content (AvgIpc) is 3.00. The van der Waals surface area contributed by atoms with Crippen LogP contribution in [0, 0.1) is 25.2 Å². The van der Waals surface area contributed by atoms with Crippen LogP contribution in [0.2, 0.25) is 0 Å². The highest BCUT2D eigenvalue weighted by Gasteiger charge is 2.14. The van der Waals surface area contributed by atoms with Crippen LogP contribution in [0.4, 0.5) is 5.82 Å². The Labute approximate surface area is 145 Å². The molecule has 0 aliphatic rings. The number of para-hydroxylation sites is 2. The lowest BCUT2D eigenvalue weighted by molar-refractivity contribution is 1.01. The number of anilines is 1. The number of pyridine rings is 2. The van der Waals surface area contributed by atoms with Gasteiger partial charge in [0.1, 0.15) is 11.9 Å². The summed E-state index contributed by atoms with van der Waals surface area (Å²) in [7, 11) is 0. The lowest BCUT2D eigenvalue weighted by atomic mass is 10.1. The second-order valence-corrected chi connectivity index (χ2v) is 6.14. The van der Waals surface area contributed by atoms with Gasteiger partial charge in [-0.25, -0.2) is 4.98 Å². The summed E-state index contributed by atoms with van der Waals surface area (Å²) in [6.07, 6.45) is 1.86. The molecule has 5 nitrogen and oxygen atoms in total. The van der Waals surface area contributed by atoms with Gasteiger partial charge in [-0.3, -0.25) is 9.38 Å². The van der Waals surface area contributed by atoms with Crippen molar-refractivity contribution >= 4 is 22.5 Å². The fourth-order valence-corrected chi connectivity index (χ4v) is 3.01. The fourth-order valence-electron chi connectivity index (χ4n) is 3.01. The summed E-state index contributed by atoms with van der Waals surface area (Å²) in [5, 5.41) is 13.0. The van der Waals surface area contributed by atoms with Gasteiger partial charge in [-0.1, -0.05) is 18.2 Å². The molecule has 25 heavy (non-hydrogen) atoms. The quantitative estimate of drug-likeness (QED) is 0.618. The molecule has 0 aliphatic heterocycles. The molecular formula is C20H17N5. The Kier molecular flexibility index (Phi) is 3.58. The van der Waals surface area contributed by atoms with Gasteiger partial charge in [-0.15, -0.1) is 0 Å². The molecule has 4 rings (SSSR count). The molecule has 1 aromatic carbocycles. The number of hydrogen-bond acceptors (Lipinski definition) is 4. The topological polar surface area (TPSA) is 66.0 Å². The van der Waals surface area contributed by atoms with Crippen molar-refractivity contribution in [3.05, 3.63) is 71.0 Å². The van der Waals surface area contributed by atoms with Crippen molar-refractivity contribution < 1.29 is 0 Å². The molecule has 0 fully saturated rings. The van der Waals surface area contributed by atoms with E-state index < -0.39 is 0 Å². The number of aromatic nitrogens is 3. The standard InChI is InChI=1S/C20H17N5/c1-13-7-8-15(22-11-13)12-23-19-9-14(2)16(10-21)20-24-17-5-3-4-6-18(17)25(19)20/h3-9,11,23H,12H2,1-2H3. The predicted molar refractivity (Wildman–Crippen MR) is 98.5 cm³/mol. The number of imidazole rings is 1. The lowest BCUT2D eigenvalue weighted by Crippen LogP contribution is -2.07. The van der Waals surface area contributed by atoms with E-state index in [2.05, 4.69) is 27.4 Å². The van der Waals surface area contributed by atoms with Gasteiger partial charge < -0.3 is 5.32 Å². The van der Waals surface area contributed by atoms with E-state index in [9.17, 15) is 5.26 Å². The minimum atomic E-state index is 0.604. The molecule has 0 bridgehead atoms. The van der Waals surface area contributed by atoms with Crippen LogP contribution in [0.25, 0.3) is 16.7 Å². The van der Waals surface area contributed by atoms with Crippen molar-refractivity contribution in [1.29, 1.82) is 5.26 Å². The van der Waals surface area contributed by atoms with Gasteiger partial charge in [-0.2, -0.15) is 5.26 Å². The summed E-state index contributed by atoms with van der Waals surface area (Å²) in [5.74, 6) is 0.905. The number of nitrogens with one attached hydrogen (secondary N) is 1. The van der Waals surface area contributed by atoms with Gasteiger partial charge in [0.15, 0.2) is 5.65 Å². The van der Waals surface area contributed by atoms with Gasteiger partial charge in [0.05, 0.1) is 28.8 Å². The van der Waals surface area contributed by atoms with Gasteiger partial charge in [-0.05, 0) is 49.2 Å². The normalized spacial score (nSPS) is 10.9. The van der Waals surface area contributed by atoms with Crippen LogP contribution in [0.15, 0.2) is 48.7 Å². The number of fused-ring (bicyclic) bond motifs is 3. The second kappa shape index (κ2) is 5.91. The Morgan fingerprint density at radius 1 is 1.16 bits per heavy atom. The largest absolute Gasteiger partial charge is 0.365 e. The highest BCUT2D eigenvalue weighted by Crippen LogP contribution is 2.26. The van der Waals surface area contributed by atoms with Crippen LogP contribution in [0.5, 0.6) is 0 Å². The van der Waals surface area contributed by atoms with E-state index in [1.54, 1.807) is 0 Å². The zero-order valence-corrected chi connectivity index (χ0v) is 14.1. The van der Waals surface area contributed by atoms with Gasteiger partial charge >= 0.3 is 0 Å². The van der Waals surface area contributed by atoms with Crippen LogP contribution in [0.3, 0.4) is 0 Å². The van der Waals surface area contributed by atoms with E-state index >= 15 is 0 Å². The van der Waals surface area contributed by atoms with E-state index in [4.69, 9.17) is 0 Å². The Balaban J connectivity index is 1.85. The maximum atomic E-state index is 9.53. The van der Waals surface area contributed by atoms with E-state index in [0.29, 0.717) is 17.8 Å². The molecule has 3 aromatic heterocycles. The third kappa shape index (κ3) is 2.58. The first kappa shape index (κ1) is 15.2. The summed E-state index contributed by atoms with van der Waals surface area (Å²) in [5.41, 5.74) is 6.16. The lowest BCUT2D eigenvalue weighted by Gasteiger charge is -2.12. The van der Waals surface area contributed by atoms with Crippen LogP contribution in [-0.4, -0.2) is 14.4 Å². The second-order valence-electron chi connectivity index (χ2n) is 6.14. The summed E-state index contributed by atoms with van der Waals surface area (Å²) in [6, 6.07) is 16.3. The van der Waals surface area contributed by atoms with Crippen molar-refractivity contribution in [2.24, 2.45) is 0 Å². The number of hydrogen-bond donors (Lipinski definition) is 1. The first-order chi connectivity index (χ1) is 12.2. The van der Waals surface area contributed by atoms with E-state index in [0.717, 1.165) is 33.7 Å². The van der Waals surface area contributed by atoms with E-state index in [1.165, 1.54) is 0 Å². The Morgan fingerprint density at radius 3 is 2.76 bits per heavy atom. The van der Waals surface area contributed by atoms with E-state index in [-0.39, 0.29) is 0 Å². The minimum absolute atomic E-state index is 0.604. The van der Waals surface area contributed by atoms with Crippen molar-refractivity contribution in [3.8, 4) is 6.07 Å². The highest BCUT2D eigenvalue weighted by molar-refractivity contribution is 5.85. The van der Waals surface area contributed by atoms with Gasteiger partial charge in [0.25, 0.3) is 0 Å². The van der Waals surface area contributed by atoms with Crippen molar-refractivity contribution in [1.82, 2.24) is 14.4 Å². The van der Waals surface area contributed by atoms with Gasteiger partial charge in [0, 0.05) is 6.20 Å². The molecule has 4 aromatic rings. The number of rotatable bonds is 3. The SMILES string of the molecule is Cc1ccc(CNc2cc(C)c(C#N)c3nc4ccccc4n23)nc1. The summed E-state index contributed by atoms with van der Waals surface area (Å²) in [4.78, 5) is 9.10. The monoisotopic (exact) mass is 327 g/mol. The first-order valence-electron chi connectivity index (χ1n) is 8.13. The predicted octanol–water partition coefficient (Wildman–Crippen LogP) is 3.98. The molecule has 3 heterocycles. The molecule has 0 unspecified atom stereocenters. The Hall–Kier alpha value is -3.39. The number of benzene rings is 1. The molecule has 0 saturated carbocycles. The molecule has 122 valence electrons. The number of aryl methyl sites for hydroxylation is 2. The first-order valence-corrected chi connectivity index (χ1v) is 8.13. The van der Waals surface area contributed by atoms with Crippen LogP contribution < -0.4 is 5.32 Å². The van der Waals surface area contributed by atoms with E-state index in [1.807, 2.05) is 60.8 Å². The molecule has 5 heteroatoms. The average molecular weight is 327 g/mol. The Bertz CT molecular complexity index is 1120. The van der Waals surface area contributed by atoms with Crippen LogP contribution in [-0.2, 0) is 6.54 Å². The van der Waals surface area contributed by atoms with Crippen LogP contribution in [0.1, 0.15) is 22.4 Å². The summed E-state index contributed by atoms with van der Waals surface area (Å²) >= 11 is 0. The molecule has 0 aliphatic carbocycles. The molecule has 0 radical (unpaired) electrons. The number of nitrogens with zero attached hydrogens (tertiary/aromatic N) is 4. The molecule has 0 atom stereocenters.